The van der Waals surface area contributed by atoms with Gasteiger partial charge in [-0.25, -0.2) is 8.42 Å². The lowest BCUT2D eigenvalue weighted by Crippen LogP contribution is -2.45. The molecular weight excluding hydrogens is 420 g/mol. The van der Waals surface area contributed by atoms with Crippen molar-refractivity contribution in [3.63, 3.8) is 0 Å². The average Bonchev–Trinajstić information content (AvgIpc) is 2.82. The van der Waals surface area contributed by atoms with Crippen LogP contribution in [0, 0.1) is 5.92 Å². The summed E-state index contributed by atoms with van der Waals surface area (Å²) in [5.74, 6) is 0.962. The minimum absolute atomic E-state index is 0.113. The Morgan fingerprint density at radius 3 is 2.29 bits per heavy atom. The number of hydrogen-bond acceptors (Lipinski definition) is 6. The summed E-state index contributed by atoms with van der Waals surface area (Å²) in [7, 11) is 2.46. The highest BCUT2D eigenvalue weighted by molar-refractivity contribution is 7.89. The number of carbonyl (C=O) groups excluding carboxylic acids is 1. The predicted octanol–water partition coefficient (Wildman–Crippen LogP) is 2.78. The predicted molar refractivity (Wildman–Crippen MR) is 117 cm³/mol. The van der Waals surface area contributed by atoms with Crippen LogP contribution in [0.4, 0.5) is 5.69 Å². The first kappa shape index (κ1) is 22.9. The number of hydrogen-bond donors (Lipinski definition) is 0. The Balaban J connectivity index is 1.78. The van der Waals surface area contributed by atoms with Gasteiger partial charge in [-0.2, -0.15) is 4.31 Å². The summed E-state index contributed by atoms with van der Waals surface area (Å²) in [5, 5.41) is 0. The molecule has 1 aliphatic heterocycles. The summed E-state index contributed by atoms with van der Waals surface area (Å²) in [6.07, 6.45) is 1.25. The molecule has 8 nitrogen and oxygen atoms in total. The molecule has 1 atom stereocenters. The van der Waals surface area contributed by atoms with Gasteiger partial charge in [0.15, 0.2) is 11.5 Å². The third kappa shape index (κ3) is 4.77. The molecule has 0 saturated carbocycles. The smallest absolute Gasteiger partial charge is 0.243 e. The normalized spacial score (nSPS) is 17.1. The van der Waals surface area contributed by atoms with Gasteiger partial charge in [0, 0.05) is 31.9 Å². The Bertz CT molecular complexity index is 1020. The zero-order chi connectivity index (χ0) is 22.6. The van der Waals surface area contributed by atoms with Crippen molar-refractivity contribution in [3.8, 4) is 17.2 Å². The third-order valence-corrected chi connectivity index (χ3v) is 7.38. The van der Waals surface area contributed by atoms with Gasteiger partial charge in [-0.05, 0) is 49.2 Å². The van der Waals surface area contributed by atoms with Crippen molar-refractivity contribution < 1.29 is 27.4 Å². The molecule has 31 heavy (non-hydrogen) atoms. The standard InChI is InChI=1S/C22H28N2O6S/c1-23(17-7-9-18(28-2)10-8-17)22(25)16-6-5-13-24(15-16)31(26,27)19-11-12-20(29-3)21(14-19)30-4/h7-12,14,16H,5-6,13,15H2,1-4H3. The van der Waals surface area contributed by atoms with E-state index in [2.05, 4.69) is 0 Å². The Morgan fingerprint density at radius 2 is 1.68 bits per heavy atom. The quantitative estimate of drug-likeness (QED) is 0.648. The first-order valence-corrected chi connectivity index (χ1v) is 11.4. The Kier molecular flexibility index (Phi) is 7.07. The van der Waals surface area contributed by atoms with Gasteiger partial charge in [0.1, 0.15) is 5.75 Å². The van der Waals surface area contributed by atoms with E-state index in [-0.39, 0.29) is 17.3 Å². The lowest BCUT2D eigenvalue weighted by atomic mass is 9.98. The van der Waals surface area contributed by atoms with Crippen LogP contribution in [0.1, 0.15) is 12.8 Å². The zero-order valence-corrected chi connectivity index (χ0v) is 19.0. The molecule has 3 rings (SSSR count). The highest BCUT2D eigenvalue weighted by Gasteiger charge is 2.35. The molecule has 0 aromatic heterocycles. The summed E-state index contributed by atoms with van der Waals surface area (Å²) in [6.45, 7) is 0.503. The van der Waals surface area contributed by atoms with E-state index in [0.717, 1.165) is 5.69 Å². The molecule has 0 N–H and O–H groups in total. The lowest BCUT2D eigenvalue weighted by Gasteiger charge is -2.33. The van der Waals surface area contributed by atoms with Crippen molar-refractivity contribution in [1.29, 1.82) is 0 Å². The molecule has 2 aromatic carbocycles. The fraction of sp³-hybridized carbons (Fsp3) is 0.409. The maximum absolute atomic E-state index is 13.2. The molecule has 1 saturated heterocycles. The van der Waals surface area contributed by atoms with Gasteiger partial charge in [-0.3, -0.25) is 4.79 Å². The summed E-state index contributed by atoms with van der Waals surface area (Å²) in [6, 6.07) is 11.7. The van der Waals surface area contributed by atoms with Crippen LogP contribution in [0.25, 0.3) is 0 Å². The summed E-state index contributed by atoms with van der Waals surface area (Å²) in [5.41, 5.74) is 0.727. The summed E-state index contributed by atoms with van der Waals surface area (Å²) < 4.78 is 43.4. The number of ether oxygens (including phenoxy) is 3. The minimum atomic E-state index is -3.77. The van der Waals surface area contributed by atoms with E-state index >= 15 is 0 Å². The number of rotatable bonds is 7. The second kappa shape index (κ2) is 9.57. The zero-order valence-electron chi connectivity index (χ0n) is 18.2. The van der Waals surface area contributed by atoms with Crippen LogP contribution >= 0.6 is 0 Å². The highest BCUT2D eigenvalue weighted by atomic mass is 32.2. The van der Waals surface area contributed by atoms with Crippen molar-refractivity contribution >= 4 is 21.6 Å². The van der Waals surface area contributed by atoms with Crippen LogP contribution < -0.4 is 19.1 Å². The van der Waals surface area contributed by atoms with Crippen LogP contribution in [-0.2, 0) is 14.8 Å². The van der Waals surface area contributed by atoms with E-state index in [1.54, 1.807) is 49.4 Å². The number of carbonyl (C=O) groups is 1. The lowest BCUT2D eigenvalue weighted by molar-refractivity contribution is -0.123. The van der Waals surface area contributed by atoms with E-state index in [4.69, 9.17) is 14.2 Å². The monoisotopic (exact) mass is 448 g/mol. The topological polar surface area (TPSA) is 85.4 Å². The molecule has 1 heterocycles. The van der Waals surface area contributed by atoms with Gasteiger partial charge in [-0.15, -0.1) is 0 Å². The van der Waals surface area contributed by atoms with Crippen molar-refractivity contribution in [2.24, 2.45) is 5.92 Å². The molecular formula is C22H28N2O6S. The minimum Gasteiger partial charge on any atom is -0.497 e. The van der Waals surface area contributed by atoms with Gasteiger partial charge in [-0.1, -0.05) is 0 Å². The highest BCUT2D eigenvalue weighted by Crippen LogP contribution is 2.32. The van der Waals surface area contributed by atoms with Gasteiger partial charge >= 0.3 is 0 Å². The number of amides is 1. The molecule has 1 unspecified atom stereocenters. The molecule has 9 heteroatoms. The molecule has 168 valence electrons. The number of anilines is 1. The average molecular weight is 449 g/mol. The van der Waals surface area contributed by atoms with E-state index in [0.29, 0.717) is 36.6 Å². The van der Waals surface area contributed by atoms with Gasteiger partial charge < -0.3 is 19.1 Å². The Morgan fingerprint density at radius 1 is 1.00 bits per heavy atom. The number of nitrogens with zero attached hydrogens (tertiary/aromatic N) is 2. The number of piperidine rings is 1. The third-order valence-electron chi connectivity index (χ3n) is 5.52. The first-order valence-electron chi connectivity index (χ1n) is 9.95. The van der Waals surface area contributed by atoms with Crippen molar-refractivity contribution in [2.45, 2.75) is 17.7 Å². The second-order valence-corrected chi connectivity index (χ2v) is 9.25. The van der Waals surface area contributed by atoms with Crippen LogP contribution in [-0.4, -0.2) is 60.1 Å². The van der Waals surface area contributed by atoms with Crippen LogP contribution in [0.15, 0.2) is 47.4 Å². The van der Waals surface area contributed by atoms with Gasteiger partial charge in [0.2, 0.25) is 15.9 Å². The van der Waals surface area contributed by atoms with E-state index in [1.165, 1.54) is 30.7 Å². The molecule has 0 spiro atoms. The Hall–Kier alpha value is -2.78. The largest absolute Gasteiger partial charge is 0.497 e. The molecule has 0 aliphatic carbocycles. The molecule has 1 amide bonds. The molecule has 1 aliphatic rings. The summed E-state index contributed by atoms with van der Waals surface area (Å²) >= 11 is 0. The summed E-state index contributed by atoms with van der Waals surface area (Å²) in [4.78, 5) is 14.8. The first-order chi connectivity index (χ1) is 14.8. The number of methoxy groups -OCH3 is 3. The molecule has 1 fully saturated rings. The van der Waals surface area contributed by atoms with E-state index in [9.17, 15) is 13.2 Å². The van der Waals surface area contributed by atoms with Crippen LogP contribution in [0.2, 0.25) is 0 Å². The van der Waals surface area contributed by atoms with Crippen molar-refractivity contribution in [1.82, 2.24) is 4.31 Å². The molecule has 0 bridgehead atoms. The SMILES string of the molecule is COc1ccc(N(C)C(=O)C2CCCN(S(=O)(=O)c3ccc(OC)c(OC)c3)C2)cc1. The fourth-order valence-electron chi connectivity index (χ4n) is 3.70. The van der Waals surface area contributed by atoms with Gasteiger partial charge in [0.25, 0.3) is 0 Å². The maximum Gasteiger partial charge on any atom is 0.243 e. The number of benzene rings is 2. The molecule has 0 radical (unpaired) electrons. The van der Waals surface area contributed by atoms with Crippen molar-refractivity contribution in [3.05, 3.63) is 42.5 Å². The molecule has 2 aromatic rings. The van der Waals surface area contributed by atoms with Crippen molar-refractivity contribution in [2.75, 3.05) is 46.4 Å². The second-order valence-electron chi connectivity index (χ2n) is 7.31. The van der Waals surface area contributed by atoms with Crippen LogP contribution in [0.5, 0.6) is 17.2 Å². The van der Waals surface area contributed by atoms with E-state index < -0.39 is 15.9 Å². The van der Waals surface area contributed by atoms with Crippen LogP contribution in [0.3, 0.4) is 0 Å². The fourth-order valence-corrected chi connectivity index (χ4v) is 5.24. The van der Waals surface area contributed by atoms with Gasteiger partial charge in [0.05, 0.1) is 32.1 Å². The Labute approximate surface area is 183 Å². The maximum atomic E-state index is 13.2. The number of sulfonamides is 1. The van der Waals surface area contributed by atoms with E-state index in [1.807, 2.05) is 0 Å².